The lowest BCUT2D eigenvalue weighted by Gasteiger charge is -2.13. The minimum Gasteiger partial charge on any atom is -0.355 e. The monoisotopic (exact) mass is 215 g/mol. The molecule has 4 heteroatoms. The minimum atomic E-state index is 0.163. The zero-order valence-corrected chi connectivity index (χ0v) is 10.1. The van der Waals surface area contributed by atoms with Gasteiger partial charge in [-0.15, -0.1) is 0 Å². The maximum atomic E-state index is 11.3. The minimum absolute atomic E-state index is 0.163. The Hall–Kier alpha value is -0.610. The van der Waals surface area contributed by atoms with Crippen LogP contribution in [-0.4, -0.2) is 44.0 Å². The lowest BCUT2D eigenvalue weighted by atomic mass is 10.2. The van der Waals surface area contributed by atoms with Gasteiger partial charge in [0.1, 0.15) is 0 Å². The number of likely N-dealkylation sites (N-methyl/N-ethyl adjacent to an activating group) is 1. The van der Waals surface area contributed by atoms with Crippen molar-refractivity contribution in [1.29, 1.82) is 0 Å². The molecule has 0 fully saturated rings. The summed E-state index contributed by atoms with van der Waals surface area (Å²) >= 11 is 0. The van der Waals surface area contributed by atoms with Crippen LogP contribution in [0.1, 0.15) is 32.6 Å². The Labute approximate surface area is 93.2 Å². The Morgan fingerprint density at radius 3 is 2.67 bits per heavy atom. The molecule has 0 unspecified atom stereocenters. The highest BCUT2D eigenvalue weighted by Gasteiger charge is 2.00. The Morgan fingerprint density at radius 2 is 2.07 bits per heavy atom. The first kappa shape index (κ1) is 14.4. The number of rotatable bonds is 9. The number of unbranched alkanes of at least 4 members (excludes halogenated alkanes) is 2. The zero-order chi connectivity index (χ0) is 11.5. The van der Waals surface area contributed by atoms with Crippen molar-refractivity contribution in [2.24, 2.45) is 5.73 Å². The molecule has 0 aromatic rings. The molecule has 0 aliphatic carbocycles. The zero-order valence-electron chi connectivity index (χ0n) is 10.1. The molecule has 0 atom stereocenters. The van der Waals surface area contributed by atoms with Crippen LogP contribution in [0.25, 0.3) is 0 Å². The van der Waals surface area contributed by atoms with E-state index in [9.17, 15) is 4.79 Å². The van der Waals surface area contributed by atoms with Gasteiger partial charge in [0.05, 0.1) is 0 Å². The third-order valence-corrected chi connectivity index (χ3v) is 2.46. The molecular weight excluding hydrogens is 190 g/mol. The summed E-state index contributed by atoms with van der Waals surface area (Å²) < 4.78 is 0. The molecule has 1 amide bonds. The van der Waals surface area contributed by atoms with Crippen LogP contribution in [0.15, 0.2) is 0 Å². The van der Waals surface area contributed by atoms with E-state index in [0.717, 1.165) is 45.4 Å². The Balaban J connectivity index is 3.26. The van der Waals surface area contributed by atoms with Crippen LogP contribution in [0.4, 0.5) is 0 Å². The van der Waals surface area contributed by atoms with Gasteiger partial charge >= 0.3 is 0 Å². The predicted octanol–water partition coefficient (Wildman–Crippen LogP) is 0.573. The lowest BCUT2D eigenvalue weighted by Crippen LogP contribution is -2.32. The van der Waals surface area contributed by atoms with E-state index < -0.39 is 0 Å². The van der Waals surface area contributed by atoms with Crippen molar-refractivity contribution in [1.82, 2.24) is 10.2 Å². The van der Waals surface area contributed by atoms with Crippen molar-refractivity contribution >= 4 is 5.91 Å². The third-order valence-electron chi connectivity index (χ3n) is 2.46. The maximum absolute atomic E-state index is 11.3. The van der Waals surface area contributed by atoms with Crippen molar-refractivity contribution in [2.45, 2.75) is 32.6 Å². The van der Waals surface area contributed by atoms with Crippen molar-refractivity contribution < 1.29 is 4.79 Å². The standard InChI is InChI=1S/C11H25N3O/c1-3-14(2)10-9-13-11(15)7-5-4-6-8-12/h3-10,12H2,1-2H3,(H,13,15). The molecule has 0 aliphatic rings. The number of nitrogens with two attached hydrogens (primary N) is 1. The average molecular weight is 215 g/mol. The lowest BCUT2D eigenvalue weighted by molar-refractivity contribution is -0.121. The molecule has 15 heavy (non-hydrogen) atoms. The molecule has 0 aromatic carbocycles. The topological polar surface area (TPSA) is 58.4 Å². The smallest absolute Gasteiger partial charge is 0.220 e. The molecule has 3 N–H and O–H groups in total. The average Bonchev–Trinajstić information content (AvgIpc) is 2.24. The van der Waals surface area contributed by atoms with Crippen molar-refractivity contribution in [3.05, 3.63) is 0 Å². The van der Waals surface area contributed by atoms with Crippen LogP contribution in [0.2, 0.25) is 0 Å². The van der Waals surface area contributed by atoms with Crippen molar-refractivity contribution in [3.63, 3.8) is 0 Å². The van der Waals surface area contributed by atoms with Gasteiger partial charge in [0.15, 0.2) is 0 Å². The molecule has 0 spiro atoms. The fourth-order valence-electron chi connectivity index (χ4n) is 1.24. The first-order valence-electron chi connectivity index (χ1n) is 5.86. The highest BCUT2D eigenvalue weighted by atomic mass is 16.1. The van der Waals surface area contributed by atoms with Gasteiger partial charge in [0.2, 0.25) is 5.91 Å². The van der Waals surface area contributed by atoms with E-state index >= 15 is 0 Å². The second-order valence-electron chi connectivity index (χ2n) is 3.85. The first-order valence-corrected chi connectivity index (χ1v) is 5.86. The van der Waals surface area contributed by atoms with Gasteiger partial charge in [0.25, 0.3) is 0 Å². The highest BCUT2D eigenvalue weighted by Crippen LogP contribution is 1.97. The van der Waals surface area contributed by atoms with Gasteiger partial charge in [-0.3, -0.25) is 4.79 Å². The van der Waals surface area contributed by atoms with Gasteiger partial charge in [-0.1, -0.05) is 13.3 Å². The van der Waals surface area contributed by atoms with Crippen LogP contribution in [0, 0.1) is 0 Å². The van der Waals surface area contributed by atoms with E-state index in [1.807, 2.05) is 7.05 Å². The van der Waals surface area contributed by atoms with Gasteiger partial charge in [-0.05, 0) is 33.0 Å². The molecule has 90 valence electrons. The molecule has 0 radical (unpaired) electrons. The van der Waals surface area contributed by atoms with Crippen LogP contribution in [0.5, 0.6) is 0 Å². The van der Waals surface area contributed by atoms with Crippen molar-refractivity contribution in [2.75, 3.05) is 33.2 Å². The quantitative estimate of drug-likeness (QED) is 0.553. The summed E-state index contributed by atoms with van der Waals surface area (Å²) in [6.45, 7) is 5.52. The molecule has 0 rings (SSSR count). The van der Waals surface area contributed by atoms with E-state index in [-0.39, 0.29) is 5.91 Å². The molecule has 4 nitrogen and oxygen atoms in total. The second kappa shape index (κ2) is 9.93. The van der Waals surface area contributed by atoms with E-state index in [1.54, 1.807) is 0 Å². The number of carbonyl (C=O) groups excluding carboxylic acids is 1. The maximum Gasteiger partial charge on any atom is 0.220 e. The summed E-state index contributed by atoms with van der Waals surface area (Å²) in [4.78, 5) is 13.5. The summed E-state index contributed by atoms with van der Waals surface area (Å²) in [5, 5.41) is 2.91. The van der Waals surface area contributed by atoms with E-state index in [2.05, 4.69) is 17.1 Å². The van der Waals surface area contributed by atoms with E-state index in [1.165, 1.54) is 0 Å². The molecule has 0 aromatic heterocycles. The van der Waals surface area contributed by atoms with Gasteiger partial charge in [-0.25, -0.2) is 0 Å². The molecule has 0 aliphatic heterocycles. The molecule has 0 saturated heterocycles. The first-order chi connectivity index (χ1) is 7.20. The number of nitrogens with one attached hydrogen (secondary N) is 1. The van der Waals surface area contributed by atoms with Crippen LogP contribution < -0.4 is 11.1 Å². The Kier molecular flexibility index (Phi) is 9.52. The molecule has 0 heterocycles. The van der Waals surface area contributed by atoms with Crippen LogP contribution in [0.3, 0.4) is 0 Å². The largest absolute Gasteiger partial charge is 0.355 e. The molecular formula is C11H25N3O. The fourth-order valence-corrected chi connectivity index (χ4v) is 1.24. The van der Waals surface area contributed by atoms with Gasteiger partial charge in [0, 0.05) is 19.5 Å². The Bertz CT molecular complexity index is 162. The van der Waals surface area contributed by atoms with Gasteiger partial charge < -0.3 is 16.0 Å². The van der Waals surface area contributed by atoms with Crippen LogP contribution in [-0.2, 0) is 4.79 Å². The number of hydrogen-bond acceptors (Lipinski definition) is 3. The highest BCUT2D eigenvalue weighted by molar-refractivity contribution is 5.75. The van der Waals surface area contributed by atoms with Crippen LogP contribution >= 0.6 is 0 Å². The summed E-state index contributed by atoms with van der Waals surface area (Å²) in [7, 11) is 2.05. The predicted molar refractivity (Wildman–Crippen MR) is 63.7 cm³/mol. The summed E-state index contributed by atoms with van der Waals surface area (Å²) in [5.74, 6) is 0.163. The van der Waals surface area contributed by atoms with Gasteiger partial charge in [-0.2, -0.15) is 0 Å². The number of amides is 1. The van der Waals surface area contributed by atoms with E-state index in [4.69, 9.17) is 5.73 Å². The Morgan fingerprint density at radius 1 is 1.33 bits per heavy atom. The normalized spacial score (nSPS) is 10.7. The van der Waals surface area contributed by atoms with E-state index in [0.29, 0.717) is 6.42 Å². The second-order valence-corrected chi connectivity index (χ2v) is 3.85. The molecule has 0 saturated carbocycles. The number of nitrogens with zero attached hydrogens (tertiary/aromatic N) is 1. The summed E-state index contributed by atoms with van der Waals surface area (Å²) in [6, 6.07) is 0. The third kappa shape index (κ3) is 9.69. The summed E-state index contributed by atoms with van der Waals surface area (Å²) in [5.41, 5.74) is 5.37. The number of hydrogen-bond donors (Lipinski definition) is 2. The fraction of sp³-hybridized carbons (Fsp3) is 0.909. The number of carbonyl (C=O) groups is 1. The summed E-state index contributed by atoms with van der Waals surface area (Å²) in [6.07, 6.45) is 3.66. The SMILES string of the molecule is CCN(C)CCNC(=O)CCCCCN. The molecule has 0 bridgehead atoms. The van der Waals surface area contributed by atoms with Crippen molar-refractivity contribution in [3.8, 4) is 0 Å².